The molecule has 2 rings (SSSR count). The van der Waals surface area contributed by atoms with E-state index in [2.05, 4.69) is 5.32 Å². The summed E-state index contributed by atoms with van der Waals surface area (Å²) in [7, 11) is 3.24. The van der Waals surface area contributed by atoms with Crippen LogP contribution in [0.3, 0.4) is 0 Å². The molecule has 7 nitrogen and oxygen atoms in total. The number of esters is 1. The van der Waals surface area contributed by atoms with Crippen LogP contribution in [0.15, 0.2) is 59.5 Å². The molecule has 0 saturated carbocycles. The SMILES string of the molecule is COCCNC(=O)CSc1ccccc1C(=O)OC(C)C(=O)N(C)Cc1ccccc1. The van der Waals surface area contributed by atoms with E-state index in [9.17, 15) is 14.4 Å². The van der Waals surface area contributed by atoms with Crippen molar-refractivity contribution < 1.29 is 23.9 Å². The minimum Gasteiger partial charge on any atom is -0.449 e. The molecule has 0 radical (unpaired) electrons. The fourth-order valence-corrected chi connectivity index (χ4v) is 3.64. The Hall–Kier alpha value is -2.84. The molecule has 0 aliphatic heterocycles. The molecule has 0 heterocycles. The van der Waals surface area contributed by atoms with Gasteiger partial charge in [-0.2, -0.15) is 0 Å². The first-order valence-electron chi connectivity index (χ1n) is 9.89. The van der Waals surface area contributed by atoms with Gasteiger partial charge >= 0.3 is 5.97 Å². The highest BCUT2D eigenvalue weighted by molar-refractivity contribution is 8.00. The average molecular weight is 445 g/mol. The van der Waals surface area contributed by atoms with Crippen LogP contribution in [-0.2, 0) is 25.6 Å². The van der Waals surface area contributed by atoms with E-state index in [0.29, 0.717) is 30.2 Å². The van der Waals surface area contributed by atoms with Gasteiger partial charge in [-0.3, -0.25) is 9.59 Å². The van der Waals surface area contributed by atoms with Crippen molar-refractivity contribution in [3.8, 4) is 0 Å². The number of carbonyl (C=O) groups is 3. The first-order chi connectivity index (χ1) is 14.9. The van der Waals surface area contributed by atoms with Gasteiger partial charge in [0.15, 0.2) is 6.10 Å². The van der Waals surface area contributed by atoms with Crippen LogP contribution in [0.2, 0.25) is 0 Å². The predicted octanol–water partition coefficient (Wildman–Crippen LogP) is 2.75. The molecule has 166 valence electrons. The molecule has 0 fully saturated rings. The lowest BCUT2D eigenvalue weighted by Crippen LogP contribution is -2.37. The third-order valence-electron chi connectivity index (χ3n) is 4.36. The maximum atomic E-state index is 12.7. The summed E-state index contributed by atoms with van der Waals surface area (Å²) in [5, 5.41) is 2.73. The number of nitrogens with one attached hydrogen (secondary N) is 1. The van der Waals surface area contributed by atoms with E-state index in [-0.39, 0.29) is 17.6 Å². The summed E-state index contributed by atoms with van der Waals surface area (Å²) in [5.74, 6) is -0.893. The van der Waals surface area contributed by atoms with Crippen LogP contribution in [0.4, 0.5) is 0 Å². The van der Waals surface area contributed by atoms with Crippen LogP contribution in [0.5, 0.6) is 0 Å². The quantitative estimate of drug-likeness (QED) is 0.326. The number of amides is 2. The maximum absolute atomic E-state index is 12.7. The molecule has 0 aromatic heterocycles. The zero-order valence-corrected chi connectivity index (χ0v) is 18.8. The van der Waals surface area contributed by atoms with Crippen LogP contribution in [0.25, 0.3) is 0 Å². The highest BCUT2D eigenvalue weighted by Gasteiger charge is 2.23. The first-order valence-corrected chi connectivity index (χ1v) is 10.9. The van der Waals surface area contributed by atoms with Crippen molar-refractivity contribution >= 4 is 29.5 Å². The lowest BCUT2D eigenvalue weighted by molar-refractivity contribution is -0.139. The maximum Gasteiger partial charge on any atom is 0.340 e. The monoisotopic (exact) mass is 444 g/mol. The van der Waals surface area contributed by atoms with Crippen molar-refractivity contribution in [1.29, 1.82) is 0 Å². The van der Waals surface area contributed by atoms with Crippen LogP contribution in [-0.4, -0.2) is 61.8 Å². The smallest absolute Gasteiger partial charge is 0.340 e. The molecule has 0 spiro atoms. The van der Waals surface area contributed by atoms with Crippen molar-refractivity contribution in [2.24, 2.45) is 0 Å². The van der Waals surface area contributed by atoms with Gasteiger partial charge in [-0.25, -0.2) is 4.79 Å². The number of methoxy groups -OCH3 is 1. The van der Waals surface area contributed by atoms with Gasteiger partial charge < -0.3 is 19.7 Å². The Bertz CT molecular complexity index is 875. The highest BCUT2D eigenvalue weighted by Crippen LogP contribution is 2.23. The number of nitrogens with zero attached hydrogens (tertiary/aromatic N) is 1. The minimum atomic E-state index is -0.934. The Labute approximate surface area is 187 Å². The second-order valence-electron chi connectivity index (χ2n) is 6.86. The number of thioether (sulfide) groups is 1. The number of rotatable bonds is 11. The van der Waals surface area contributed by atoms with Crippen molar-refractivity contribution in [2.75, 3.05) is 33.1 Å². The Morgan fingerprint density at radius 2 is 1.74 bits per heavy atom. The van der Waals surface area contributed by atoms with Gasteiger partial charge in [0.05, 0.1) is 17.9 Å². The fourth-order valence-electron chi connectivity index (χ4n) is 2.77. The van der Waals surface area contributed by atoms with Gasteiger partial charge in [-0.15, -0.1) is 11.8 Å². The van der Waals surface area contributed by atoms with Crippen molar-refractivity contribution in [2.45, 2.75) is 24.5 Å². The molecule has 0 aliphatic carbocycles. The lowest BCUT2D eigenvalue weighted by atomic mass is 10.2. The largest absolute Gasteiger partial charge is 0.449 e. The second kappa shape index (κ2) is 12.8. The zero-order chi connectivity index (χ0) is 22.6. The molecule has 1 N–H and O–H groups in total. The highest BCUT2D eigenvalue weighted by atomic mass is 32.2. The molecule has 1 unspecified atom stereocenters. The Morgan fingerprint density at radius 1 is 1.06 bits per heavy atom. The number of hydrogen-bond donors (Lipinski definition) is 1. The summed E-state index contributed by atoms with van der Waals surface area (Å²) < 4.78 is 10.3. The molecule has 2 amide bonds. The van der Waals surface area contributed by atoms with Gasteiger partial charge in [0.1, 0.15) is 0 Å². The molecule has 31 heavy (non-hydrogen) atoms. The summed E-state index contributed by atoms with van der Waals surface area (Å²) in [4.78, 5) is 39.4. The van der Waals surface area contributed by atoms with Crippen molar-refractivity contribution in [1.82, 2.24) is 10.2 Å². The third-order valence-corrected chi connectivity index (χ3v) is 5.44. The number of benzene rings is 2. The van der Waals surface area contributed by atoms with E-state index in [4.69, 9.17) is 9.47 Å². The predicted molar refractivity (Wildman–Crippen MR) is 120 cm³/mol. The van der Waals surface area contributed by atoms with E-state index < -0.39 is 12.1 Å². The molecule has 2 aromatic rings. The topological polar surface area (TPSA) is 84.9 Å². The number of hydrogen-bond acceptors (Lipinski definition) is 6. The number of ether oxygens (including phenoxy) is 2. The van der Waals surface area contributed by atoms with Gasteiger partial charge in [0.25, 0.3) is 5.91 Å². The number of carbonyl (C=O) groups excluding carboxylic acids is 3. The lowest BCUT2D eigenvalue weighted by Gasteiger charge is -2.22. The third kappa shape index (κ3) is 8.07. The van der Waals surface area contributed by atoms with Crippen molar-refractivity contribution in [3.63, 3.8) is 0 Å². The molecular weight excluding hydrogens is 416 g/mol. The van der Waals surface area contributed by atoms with Gasteiger partial charge in [-0.05, 0) is 24.6 Å². The molecule has 8 heteroatoms. The van der Waals surface area contributed by atoms with Crippen LogP contribution >= 0.6 is 11.8 Å². The summed E-state index contributed by atoms with van der Waals surface area (Å²) in [6.45, 7) is 2.84. The van der Waals surface area contributed by atoms with Gasteiger partial charge in [0.2, 0.25) is 5.91 Å². The van der Waals surface area contributed by atoms with E-state index in [1.54, 1.807) is 45.3 Å². The normalized spacial score (nSPS) is 11.5. The fraction of sp³-hybridized carbons (Fsp3) is 0.348. The van der Waals surface area contributed by atoms with Crippen LogP contribution in [0, 0.1) is 0 Å². The molecule has 0 aliphatic rings. The Morgan fingerprint density at radius 3 is 2.45 bits per heavy atom. The van der Waals surface area contributed by atoms with Crippen molar-refractivity contribution in [3.05, 3.63) is 65.7 Å². The standard InChI is InChI=1S/C23H28N2O5S/c1-17(22(27)25(2)15-18-9-5-4-6-10-18)30-23(28)19-11-7-8-12-20(19)31-16-21(26)24-13-14-29-3/h4-12,17H,13-16H2,1-3H3,(H,24,26). The molecule has 2 aromatic carbocycles. The van der Waals surface area contributed by atoms with Crippen LogP contribution in [0.1, 0.15) is 22.8 Å². The molecular formula is C23H28N2O5S. The van der Waals surface area contributed by atoms with E-state index in [0.717, 1.165) is 5.56 Å². The summed E-state index contributed by atoms with van der Waals surface area (Å²) >= 11 is 1.24. The summed E-state index contributed by atoms with van der Waals surface area (Å²) in [5.41, 5.74) is 1.31. The Kier molecular flexibility index (Phi) is 10.1. The zero-order valence-electron chi connectivity index (χ0n) is 18.0. The average Bonchev–Trinajstić information content (AvgIpc) is 2.78. The second-order valence-corrected chi connectivity index (χ2v) is 7.87. The van der Waals surface area contributed by atoms with Crippen LogP contribution < -0.4 is 5.32 Å². The minimum absolute atomic E-state index is 0.155. The van der Waals surface area contributed by atoms with E-state index in [1.807, 2.05) is 30.3 Å². The molecule has 1 atom stereocenters. The van der Waals surface area contributed by atoms with E-state index >= 15 is 0 Å². The molecule has 0 saturated heterocycles. The Balaban J connectivity index is 1.93. The summed E-state index contributed by atoms with van der Waals surface area (Å²) in [6.07, 6.45) is -0.934. The number of likely N-dealkylation sites (N-methyl/N-ethyl adjacent to an activating group) is 1. The molecule has 0 bridgehead atoms. The van der Waals surface area contributed by atoms with Gasteiger partial charge in [-0.1, -0.05) is 42.5 Å². The summed E-state index contributed by atoms with van der Waals surface area (Å²) in [6, 6.07) is 16.5. The van der Waals surface area contributed by atoms with Gasteiger partial charge in [0, 0.05) is 32.1 Å². The van der Waals surface area contributed by atoms with E-state index in [1.165, 1.54) is 16.7 Å². The first kappa shape index (κ1) is 24.4.